The zero-order chi connectivity index (χ0) is 19.5. The molecule has 1 amide bonds. The molecule has 1 atom stereocenters. The van der Waals surface area contributed by atoms with E-state index in [0.717, 1.165) is 0 Å². The molecular formula is C20H24ClNO4. The van der Waals surface area contributed by atoms with Gasteiger partial charge in [-0.2, -0.15) is 0 Å². The van der Waals surface area contributed by atoms with Crippen LogP contribution in [0, 0.1) is 5.41 Å². The number of halogens is 1. The van der Waals surface area contributed by atoms with Gasteiger partial charge in [-0.05, 0) is 30.3 Å². The minimum atomic E-state index is -1.04. The maximum atomic E-state index is 12.4. The highest BCUT2D eigenvalue weighted by Crippen LogP contribution is 2.37. The highest BCUT2D eigenvalue weighted by Gasteiger charge is 2.25. The lowest BCUT2D eigenvalue weighted by atomic mass is 9.94. The summed E-state index contributed by atoms with van der Waals surface area (Å²) in [6.07, 6.45) is -1.04. The molecule has 140 valence electrons. The molecule has 0 saturated carbocycles. The van der Waals surface area contributed by atoms with Crippen molar-refractivity contribution in [2.24, 2.45) is 5.41 Å². The molecule has 2 rings (SSSR count). The fourth-order valence-electron chi connectivity index (χ4n) is 2.40. The van der Waals surface area contributed by atoms with Crippen molar-refractivity contribution >= 4 is 23.2 Å². The van der Waals surface area contributed by atoms with Crippen molar-refractivity contribution in [3.63, 3.8) is 0 Å². The normalized spacial score (nSPS) is 12.4. The summed E-state index contributed by atoms with van der Waals surface area (Å²) in [5, 5.41) is 14.3. The quantitative estimate of drug-likeness (QED) is 0.809. The van der Waals surface area contributed by atoms with Crippen molar-refractivity contribution in [3.05, 3.63) is 52.5 Å². The average Bonchev–Trinajstić information content (AvgIpc) is 2.61. The van der Waals surface area contributed by atoms with Crippen LogP contribution in [-0.4, -0.2) is 25.2 Å². The smallest absolute Gasteiger partial charge is 0.229 e. The third kappa shape index (κ3) is 4.48. The fourth-order valence-corrected chi connectivity index (χ4v) is 2.58. The minimum Gasteiger partial charge on any atom is -0.497 e. The molecule has 5 nitrogen and oxygen atoms in total. The van der Waals surface area contributed by atoms with Gasteiger partial charge >= 0.3 is 0 Å². The Morgan fingerprint density at radius 2 is 1.77 bits per heavy atom. The molecule has 6 heteroatoms. The van der Waals surface area contributed by atoms with Crippen LogP contribution in [0.2, 0.25) is 5.02 Å². The first-order valence-electron chi connectivity index (χ1n) is 8.18. The Labute approximate surface area is 158 Å². The molecule has 2 aromatic rings. The van der Waals surface area contributed by atoms with E-state index in [9.17, 15) is 9.90 Å². The lowest BCUT2D eigenvalue weighted by Gasteiger charge is -2.22. The monoisotopic (exact) mass is 377 g/mol. The van der Waals surface area contributed by atoms with Gasteiger partial charge in [-0.15, -0.1) is 0 Å². The predicted molar refractivity (Wildman–Crippen MR) is 103 cm³/mol. The lowest BCUT2D eigenvalue weighted by Crippen LogP contribution is -2.28. The molecule has 0 bridgehead atoms. The van der Waals surface area contributed by atoms with E-state index in [-0.39, 0.29) is 5.91 Å². The summed E-state index contributed by atoms with van der Waals surface area (Å²) < 4.78 is 10.6. The van der Waals surface area contributed by atoms with Crippen LogP contribution in [0.3, 0.4) is 0 Å². The summed E-state index contributed by atoms with van der Waals surface area (Å²) in [6.45, 7) is 5.46. The van der Waals surface area contributed by atoms with E-state index in [2.05, 4.69) is 5.32 Å². The molecule has 0 aliphatic carbocycles. The highest BCUT2D eigenvalue weighted by molar-refractivity contribution is 6.30. The Balaban J connectivity index is 2.47. The van der Waals surface area contributed by atoms with Gasteiger partial charge in [0.25, 0.3) is 0 Å². The van der Waals surface area contributed by atoms with Crippen LogP contribution in [0.5, 0.6) is 11.5 Å². The first-order valence-corrected chi connectivity index (χ1v) is 8.56. The van der Waals surface area contributed by atoms with Gasteiger partial charge in [-0.3, -0.25) is 4.79 Å². The summed E-state index contributed by atoms with van der Waals surface area (Å²) in [5.41, 5.74) is 0.958. The van der Waals surface area contributed by atoms with Crippen LogP contribution in [-0.2, 0) is 4.79 Å². The van der Waals surface area contributed by atoms with Gasteiger partial charge in [0.1, 0.15) is 17.6 Å². The summed E-state index contributed by atoms with van der Waals surface area (Å²) >= 11 is 6.12. The maximum absolute atomic E-state index is 12.4. The van der Waals surface area contributed by atoms with Crippen molar-refractivity contribution in [1.82, 2.24) is 0 Å². The number of nitrogens with one attached hydrogen (secondary N) is 1. The molecule has 0 heterocycles. The standard InChI is InChI=1S/C20H24ClNO4/c1-20(2,3)19(24)22-16-9-6-12(21)10-15(16)18(23)14-8-7-13(25-4)11-17(14)26-5/h6-11,18,23H,1-5H3,(H,22,24). The van der Waals surface area contributed by atoms with Gasteiger partial charge in [0, 0.05) is 33.3 Å². The van der Waals surface area contributed by atoms with Crippen LogP contribution in [0.4, 0.5) is 5.69 Å². The van der Waals surface area contributed by atoms with Gasteiger partial charge in [-0.25, -0.2) is 0 Å². The van der Waals surface area contributed by atoms with Crippen molar-refractivity contribution < 1.29 is 19.4 Å². The van der Waals surface area contributed by atoms with Crippen LogP contribution >= 0.6 is 11.6 Å². The number of methoxy groups -OCH3 is 2. The van der Waals surface area contributed by atoms with Crippen LogP contribution < -0.4 is 14.8 Å². The van der Waals surface area contributed by atoms with Crippen LogP contribution in [0.25, 0.3) is 0 Å². The van der Waals surface area contributed by atoms with E-state index in [4.69, 9.17) is 21.1 Å². The molecule has 0 spiro atoms. The number of carbonyl (C=O) groups is 1. The fraction of sp³-hybridized carbons (Fsp3) is 0.350. The van der Waals surface area contributed by atoms with Crippen molar-refractivity contribution in [1.29, 1.82) is 0 Å². The average molecular weight is 378 g/mol. The molecule has 2 aromatic carbocycles. The maximum Gasteiger partial charge on any atom is 0.229 e. The SMILES string of the molecule is COc1ccc(C(O)c2cc(Cl)ccc2NC(=O)C(C)(C)C)c(OC)c1. The summed E-state index contributed by atoms with van der Waals surface area (Å²) in [4.78, 5) is 12.4. The first kappa shape index (κ1) is 20.1. The number of aliphatic hydroxyl groups is 1. The van der Waals surface area contributed by atoms with E-state index in [1.807, 2.05) is 20.8 Å². The second kappa shape index (κ2) is 7.98. The first-order chi connectivity index (χ1) is 12.2. The second-order valence-electron chi connectivity index (χ2n) is 6.95. The number of hydrogen-bond acceptors (Lipinski definition) is 4. The largest absolute Gasteiger partial charge is 0.497 e. The van der Waals surface area contributed by atoms with E-state index < -0.39 is 11.5 Å². The molecule has 0 fully saturated rings. The summed E-state index contributed by atoms with van der Waals surface area (Å²) in [5.74, 6) is 0.935. The van der Waals surface area contributed by atoms with Crippen LogP contribution in [0.15, 0.2) is 36.4 Å². The van der Waals surface area contributed by atoms with E-state index in [0.29, 0.717) is 33.3 Å². The molecule has 2 N–H and O–H groups in total. The Bertz CT molecular complexity index is 799. The minimum absolute atomic E-state index is 0.157. The molecule has 0 aliphatic rings. The molecule has 0 aliphatic heterocycles. The number of benzene rings is 2. The van der Waals surface area contributed by atoms with Crippen molar-refractivity contribution in [2.75, 3.05) is 19.5 Å². The van der Waals surface area contributed by atoms with Crippen molar-refractivity contribution in [2.45, 2.75) is 26.9 Å². The molecular weight excluding hydrogens is 354 g/mol. The van der Waals surface area contributed by atoms with Crippen molar-refractivity contribution in [3.8, 4) is 11.5 Å². The van der Waals surface area contributed by atoms with Gasteiger partial charge in [0.15, 0.2) is 0 Å². The molecule has 1 unspecified atom stereocenters. The third-order valence-electron chi connectivity index (χ3n) is 3.97. The number of anilines is 1. The Morgan fingerprint density at radius 3 is 2.35 bits per heavy atom. The number of hydrogen-bond donors (Lipinski definition) is 2. The molecule has 0 radical (unpaired) electrons. The number of carbonyl (C=O) groups excluding carboxylic acids is 1. The Kier molecular flexibility index (Phi) is 6.16. The predicted octanol–water partition coefficient (Wildman–Crippen LogP) is 4.42. The molecule has 0 saturated heterocycles. The number of rotatable bonds is 5. The van der Waals surface area contributed by atoms with Gasteiger partial charge in [0.2, 0.25) is 5.91 Å². The van der Waals surface area contributed by atoms with Gasteiger partial charge in [0.05, 0.1) is 14.2 Å². The van der Waals surface area contributed by atoms with Gasteiger partial charge in [-0.1, -0.05) is 32.4 Å². The summed E-state index contributed by atoms with van der Waals surface area (Å²) in [6, 6.07) is 10.1. The Hall–Kier alpha value is -2.24. The molecule has 0 aromatic heterocycles. The zero-order valence-corrected chi connectivity index (χ0v) is 16.3. The van der Waals surface area contributed by atoms with Crippen LogP contribution in [0.1, 0.15) is 38.0 Å². The zero-order valence-electron chi connectivity index (χ0n) is 15.6. The third-order valence-corrected chi connectivity index (χ3v) is 4.21. The lowest BCUT2D eigenvalue weighted by molar-refractivity contribution is -0.123. The summed E-state index contributed by atoms with van der Waals surface area (Å²) in [7, 11) is 3.08. The highest BCUT2D eigenvalue weighted by atomic mass is 35.5. The molecule has 26 heavy (non-hydrogen) atoms. The number of aliphatic hydroxyl groups excluding tert-OH is 1. The Morgan fingerprint density at radius 1 is 1.08 bits per heavy atom. The van der Waals surface area contributed by atoms with E-state index >= 15 is 0 Å². The number of ether oxygens (including phenoxy) is 2. The van der Waals surface area contributed by atoms with E-state index in [1.165, 1.54) is 7.11 Å². The number of amides is 1. The topological polar surface area (TPSA) is 67.8 Å². The van der Waals surface area contributed by atoms with E-state index in [1.54, 1.807) is 43.5 Å². The van der Waals surface area contributed by atoms with Gasteiger partial charge < -0.3 is 19.9 Å². The second-order valence-corrected chi connectivity index (χ2v) is 7.38.